The fourth-order valence-electron chi connectivity index (χ4n) is 0.771. The number of rotatable bonds is 3. The van der Waals surface area contributed by atoms with E-state index < -0.39 is 10.2 Å². The Balaban J connectivity index is 3.03. The van der Waals surface area contributed by atoms with Crippen LogP contribution < -0.4 is 9.44 Å². The van der Waals surface area contributed by atoms with Gasteiger partial charge in [-0.25, -0.2) is 4.72 Å². The van der Waals surface area contributed by atoms with Crippen LogP contribution in [0.15, 0.2) is 22.7 Å². The quantitative estimate of drug-likeness (QED) is 0.896. The molecule has 0 saturated carbocycles. The molecule has 0 heterocycles. The van der Waals surface area contributed by atoms with Crippen LogP contribution in [0.25, 0.3) is 0 Å². The molecule has 1 aromatic rings. The highest BCUT2D eigenvalue weighted by molar-refractivity contribution is 9.10. The lowest BCUT2D eigenvalue weighted by atomic mass is 10.3. The van der Waals surface area contributed by atoms with Crippen molar-refractivity contribution >= 4 is 43.4 Å². The molecular weight excluding hydrogens is 292 g/mol. The Morgan fingerprint density at radius 3 is 2.64 bits per heavy atom. The molecule has 0 aliphatic carbocycles. The van der Waals surface area contributed by atoms with Gasteiger partial charge in [0.05, 0.1) is 5.69 Å². The van der Waals surface area contributed by atoms with Crippen LogP contribution in [-0.2, 0) is 10.2 Å². The number of hydrogen-bond donors (Lipinski definition) is 2. The Hall–Kier alpha value is -0.300. The average Bonchev–Trinajstić information content (AvgIpc) is 2.11. The summed E-state index contributed by atoms with van der Waals surface area (Å²) >= 11 is 8.91. The molecule has 0 unspecified atom stereocenters. The minimum absolute atomic E-state index is 0.395. The summed E-state index contributed by atoms with van der Waals surface area (Å²) in [6, 6.07) is 4.83. The molecule has 14 heavy (non-hydrogen) atoms. The Bertz CT molecular complexity index is 435. The van der Waals surface area contributed by atoms with E-state index in [1.807, 2.05) is 0 Å². The summed E-state index contributed by atoms with van der Waals surface area (Å²) in [5.41, 5.74) is 0.395. The molecule has 1 rings (SSSR count). The van der Waals surface area contributed by atoms with Gasteiger partial charge in [0.2, 0.25) is 0 Å². The zero-order valence-electron chi connectivity index (χ0n) is 7.21. The zero-order valence-corrected chi connectivity index (χ0v) is 10.4. The lowest BCUT2D eigenvalue weighted by molar-refractivity contribution is 0.593. The minimum Gasteiger partial charge on any atom is -0.270 e. The highest BCUT2D eigenvalue weighted by Gasteiger charge is 2.09. The standard InChI is InChI=1S/C7H8BrClN2O2S/c1-10-14(12,13)11-7-4-5(9)2-3-6(7)8/h2-4,10-11H,1H3. The van der Waals surface area contributed by atoms with Gasteiger partial charge in [-0.1, -0.05) is 11.6 Å². The van der Waals surface area contributed by atoms with Crippen molar-refractivity contribution in [2.45, 2.75) is 0 Å². The van der Waals surface area contributed by atoms with Crippen molar-refractivity contribution < 1.29 is 8.42 Å². The summed E-state index contributed by atoms with van der Waals surface area (Å²) in [5, 5.41) is 0.460. The van der Waals surface area contributed by atoms with Gasteiger partial charge in [0.15, 0.2) is 0 Å². The third-order valence-electron chi connectivity index (χ3n) is 1.44. The van der Waals surface area contributed by atoms with Crippen LogP contribution in [-0.4, -0.2) is 15.5 Å². The van der Waals surface area contributed by atoms with Crippen LogP contribution in [0.3, 0.4) is 0 Å². The summed E-state index contributed by atoms with van der Waals surface area (Å²) in [6.07, 6.45) is 0. The molecule has 0 atom stereocenters. The summed E-state index contributed by atoms with van der Waals surface area (Å²) in [5.74, 6) is 0. The van der Waals surface area contributed by atoms with E-state index in [0.717, 1.165) is 0 Å². The maximum absolute atomic E-state index is 11.1. The van der Waals surface area contributed by atoms with Crippen LogP contribution >= 0.6 is 27.5 Å². The second-order valence-corrected chi connectivity index (χ2v) is 5.34. The van der Waals surface area contributed by atoms with Crippen molar-refractivity contribution in [2.24, 2.45) is 0 Å². The zero-order chi connectivity index (χ0) is 10.8. The van der Waals surface area contributed by atoms with E-state index in [1.165, 1.54) is 13.1 Å². The second-order valence-electron chi connectivity index (χ2n) is 2.43. The predicted molar refractivity (Wildman–Crippen MR) is 60.8 cm³/mol. The fourth-order valence-corrected chi connectivity index (χ4v) is 1.98. The van der Waals surface area contributed by atoms with Gasteiger partial charge < -0.3 is 0 Å². The highest BCUT2D eigenvalue weighted by Crippen LogP contribution is 2.26. The van der Waals surface area contributed by atoms with Crippen molar-refractivity contribution in [1.29, 1.82) is 0 Å². The second kappa shape index (κ2) is 4.48. The lowest BCUT2D eigenvalue weighted by Gasteiger charge is -2.08. The average molecular weight is 300 g/mol. The van der Waals surface area contributed by atoms with Gasteiger partial charge in [0.1, 0.15) is 0 Å². The molecule has 0 bridgehead atoms. The van der Waals surface area contributed by atoms with E-state index in [0.29, 0.717) is 15.2 Å². The van der Waals surface area contributed by atoms with Crippen molar-refractivity contribution in [2.75, 3.05) is 11.8 Å². The van der Waals surface area contributed by atoms with Crippen LogP contribution in [0.4, 0.5) is 5.69 Å². The van der Waals surface area contributed by atoms with Crippen molar-refractivity contribution in [3.05, 3.63) is 27.7 Å². The third kappa shape index (κ3) is 3.13. The van der Waals surface area contributed by atoms with Gasteiger partial charge in [-0.2, -0.15) is 8.42 Å². The van der Waals surface area contributed by atoms with Gasteiger partial charge in [-0.05, 0) is 34.1 Å². The molecule has 1 aromatic carbocycles. The molecule has 2 N–H and O–H groups in total. The Labute approximate surface area is 96.0 Å². The molecule has 0 saturated heterocycles. The minimum atomic E-state index is -3.50. The number of anilines is 1. The topological polar surface area (TPSA) is 58.2 Å². The van der Waals surface area contributed by atoms with Gasteiger partial charge in [-0.15, -0.1) is 0 Å². The lowest BCUT2D eigenvalue weighted by Crippen LogP contribution is -2.26. The van der Waals surface area contributed by atoms with E-state index >= 15 is 0 Å². The highest BCUT2D eigenvalue weighted by atomic mass is 79.9. The maximum Gasteiger partial charge on any atom is 0.298 e. The molecule has 78 valence electrons. The molecule has 0 fully saturated rings. The third-order valence-corrected chi connectivity index (χ3v) is 3.39. The smallest absolute Gasteiger partial charge is 0.270 e. The van der Waals surface area contributed by atoms with Gasteiger partial charge in [0.25, 0.3) is 10.2 Å². The van der Waals surface area contributed by atoms with E-state index in [-0.39, 0.29) is 0 Å². The Morgan fingerprint density at radius 2 is 2.07 bits per heavy atom. The largest absolute Gasteiger partial charge is 0.298 e. The summed E-state index contributed by atoms with van der Waals surface area (Å²) in [6.45, 7) is 0. The molecule has 0 amide bonds. The van der Waals surface area contributed by atoms with Crippen LogP contribution in [0.1, 0.15) is 0 Å². The number of halogens is 2. The Morgan fingerprint density at radius 1 is 1.43 bits per heavy atom. The van der Waals surface area contributed by atoms with E-state index in [4.69, 9.17) is 11.6 Å². The number of hydrogen-bond acceptors (Lipinski definition) is 2. The van der Waals surface area contributed by atoms with Crippen LogP contribution in [0, 0.1) is 0 Å². The number of benzene rings is 1. The van der Waals surface area contributed by atoms with E-state index in [2.05, 4.69) is 25.4 Å². The Kier molecular flexibility index (Phi) is 3.77. The van der Waals surface area contributed by atoms with Crippen LogP contribution in [0.2, 0.25) is 5.02 Å². The molecule has 4 nitrogen and oxygen atoms in total. The van der Waals surface area contributed by atoms with E-state index in [9.17, 15) is 8.42 Å². The first-order chi connectivity index (χ1) is 6.44. The van der Waals surface area contributed by atoms with Crippen molar-refractivity contribution in [1.82, 2.24) is 4.72 Å². The molecule has 0 aliphatic heterocycles. The predicted octanol–water partition coefficient (Wildman–Crippen LogP) is 1.98. The SMILES string of the molecule is CNS(=O)(=O)Nc1cc(Cl)ccc1Br. The normalized spacial score (nSPS) is 11.4. The van der Waals surface area contributed by atoms with Crippen molar-refractivity contribution in [3.8, 4) is 0 Å². The molecule has 0 radical (unpaired) electrons. The fraction of sp³-hybridized carbons (Fsp3) is 0.143. The molecule has 0 spiro atoms. The summed E-state index contributed by atoms with van der Waals surface area (Å²) in [7, 11) is -2.18. The van der Waals surface area contributed by atoms with Crippen LogP contribution in [0.5, 0.6) is 0 Å². The van der Waals surface area contributed by atoms with Gasteiger partial charge in [-0.3, -0.25) is 4.72 Å². The first-order valence-electron chi connectivity index (χ1n) is 3.61. The maximum atomic E-state index is 11.1. The van der Waals surface area contributed by atoms with Gasteiger partial charge in [0, 0.05) is 16.5 Å². The number of nitrogens with one attached hydrogen (secondary N) is 2. The monoisotopic (exact) mass is 298 g/mol. The van der Waals surface area contributed by atoms with Gasteiger partial charge >= 0.3 is 0 Å². The van der Waals surface area contributed by atoms with E-state index in [1.54, 1.807) is 12.1 Å². The molecule has 0 aromatic heterocycles. The first-order valence-corrected chi connectivity index (χ1v) is 6.26. The molecular formula is C7H8BrClN2O2S. The first kappa shape index (κ1) is 11.8. The summed E-state index contributed by atoms with van der Waals surface area (Å²) < 4.78 is 27.4. The molecule has 0 aliphatic rings. The van der Waals surface area contributed by atoms with Crippen molar-refractivity contribution in [3.63, 3.8) is 0 Å². The summed E-state index contributed by atoms with van der Waals surface area (Å²) in [4.78, 5) is 0. The molecule has 7 heteroatoms.